The van der Waals surface area contributed by atoms with Crippen molar-refractivity contribution in [1.29, 1.82) is 0 Å². The minimum absolute atomic E-state index is 0.0978. The second-order valence-electron chi connectivity index (χ2n) is 15.8. The maximum Gasteiger partial charge on any atom is 0.472 e. The van der Waals surface area contributed by atoms with Crippen LogP contribution >= 0.6 is 7.82 Å². The molecular weight excluding hydrogens is 731 g/mol. The Balaban J connectivity index is 2.46. The summed E-state index contributed by atoms with van der Waals surface area (Å²) in [5.41, 5.74) is 0. The van der Waals surface area contributed by atoms with Gasteiger partial charge in [0.15, 0.2) is 6.10 Å². The fraction of sp³-hybridized carbons (Fsp3) is 0.902. The van der Waals surface area contributed by atoms with E-state index in [9.17, 15) is 39.5 Å². The minimum atomic E-state index is -4.66. The molecule has 1 aliphatic rings. The van der Waals surface area contributed by atoms with Crippen molar-refractivity contribution < 1.29 is 63.1 Å². The Morgan fingerprint density at radius 2 is 1.31 bits per heavy atom. The van der Waals surface area contributed by atoms with E-state index >= 15 is 0 Å². The molecule has 1 fully saturated rings. The number of phosphoric ester groups is 1. The van der Waals surface area contributed by atoms with Gasteiger partial charge in [0, 0.05) is 25.2 Å². The van der Waals surface area contributed by atoms with Gasteiger partial charge in [0.05, 0.1) is 38.1 Å². The molecule has 0 aliphatic heterocycles. The number of aliphatic hydroxyl groups excluding tert-OH is 5. The SMILES string of the molecule is CCCCC[C@H](O)/C=C/[C@@H]1[C@@H](CCCCCCC(=O)OC[C@H](COP(=O)(O)OC[C@@H](O)CO)OC(=O)CCCCCCCCCCCC(C)C)[C@@H](O)C[C@H]1O. The van der Waals surface area contributed by atoms with Crippen LogP contribution in [0.25, 0.3) is 0 Å². The van der Waals surface area contributed by atoms with Crippen molar-refractivity contribution in [2.75, 3.05) is 26.4 Å². The second-order valence-corrected chi connectivity index (χ2v) is 17.3. The van der Waals surface area contributed by atoms with Crippen LogP contribution in [0.15, 0.2) is 12.2 Å². The van der Waals surface area contributed by atoms with Crippen LogP contribution in [0, 0.1) is 17.8 Å². The molecule has 8 atom stereocenters. The maximum absolute atomic E-state index is 12.6. The van der Waals surface area contributed by atoms with Crippen molar-refractivity contribution in [2.45, 2.75) is 193 Å². The number of hydrogen-bond acceptors (Lipinski definition) is 12. The van der Waals surface area contributed by atoms with Crippen molar-refractivity contribution in [3.63, 3.8) is 0 Å². The second kappa shape index (κ2) is 31.6. The average Bonchev–Trinajstić information content (AvgIpc) is 3.41. The lowest BCUT2D eigenvalue weighted by Gasteiger charge is -2.21. The number of aliphatic hydroxyl groups is 5. The van der Waals surface area contributed by atoms with Gasteiger partial charge < -0.3 is 39.9 Å². The first-order chi connectivity index (χ1) is 26.3. The van der Waals surface area contributed by atoms with Crippen molar-refractivity contribution in [2.24, 2.45) is 17.8 Å². The lowest BCUT2D eigenvalue weighted by atomic mass is 9.88. The van der Waals surface area contributed by atoms with Gasteiger partial charge in [-0.1, -0.05) is 129 Å². The highest BCUT2D eigenvalue weighted by Gasteiger charge is 2.39. The van der Waals surface area contributed by atoms with Crippen LogP contribution in [0.1, 0.15) is 162 Å². The number of carbonyl (C=O) groups is 2. The van der Waals surface area contributed by atoms with Crippen LogP contribution in [-0.2, 0) is 32.7 Å². The van der Waals surface area contributed by atoms with Crippen molar-refractivity contribution in [3.05, 3.63) is 12.2 Å². The number of esters is 2. The van der Waals surface area contributed by atoms with E-state index in [1.165, 1.54) is 38.5 Å². The van der Waals surface area contributed by atoms with E-state index < -0.39 is 70.1 Å². The smallest absolute Gasteiger partial charge is 0.462 e. The first kappa shape index (κ1) is 51.6. The van der Waals surface area contributed by atoms with Gasteiger partial charge in [-0.25, -0.2) is 4.57 Å². The Morgan fingerprint density at radius 3 is 1.93 bits per heavy atom. The summed E-state index contributed by atoms with van der Waals surface area (Å²) in [6, 6.07) is 0. The Bertz CT molecular complexity index is 1060. The topological polar surface area (TPSA) is 210 Å². The molecule has 1 saturated carbocycles. The molecule has 14 heteroatoms. The van der Waals surface area contributed by atoms with Crippen LogP contribution < -0.4 is 0 Å². The molecular formula is C41H77O13P. The number of rotatable bonds is 35. The minimum Gasteiger partial charge on any atom is -0.462 e. The summed E-state index contributed by atoms with van der Waals surface area (Å²) in [4.78, 5) is 35.1. The van der Waals surface area contributed by atoms with Gasteiger partial charge in [0.25, 0.3) is 0 Å². The summed E-state index contributed by atoms with van der Waals surface area (Å²) in [5, 5.41) is 49.6. The number of phosphoric acid groups is 1. The number of ether oxygens (including phenoxy) is 2. The van der Waals surface area contributed by atoms with Crippen LogP contribution in [0.2, 0.25) is 0 Å². The molecule has 1 aliphatic carbocycles. The van der Waals surface area contributed by atoms with E-state index in [-0.39, 0.29) is 31.3 Å². The molecule has 0 amide bonds. The Kier molecular flexibility index (Phi) is 29.6. The monoisotopic (exact) mass is 809 g/mol. The lowest BCUT2D eigenvalue weighted by Crippen LogP contribution is -2.29. The van der Waals surface area contributed by atoms with Gasteiger partial charge in [0.1, 0.15) is 12.7 Å². The zero-order valence-electron chi connectivity index (χ0n) is 34.1. The molecule has 1 unspecified atom stereocenters. The third-order valence-electron chi connectivity index (χ3n) is 10.2. The highest BCUT2D eigenvalue weighted by atomic mass is 31.2. The molecule has 0 radical (unpaired) electrons. The Labute approximate surface area is 331 Å². The number of carbonyl (C=O) groups excluding carboxylic acids is 2. The van der Waals surface area contributed by atoms with Gasteiger partial charge >= 0.3 is 19.8 Å². The molecule has 0 aromatic carbocycles. The van der Waals surface area contributed by atoms with Crippen molar-refractivity contribution >= 4 is 19.8 Å². The molecule has 0 heterocycles. The van der Waals surface area contributed by atoms with Gasteiger partial charge in [-0.05, 0) is 37.5 Å². The van der Waals surface area contributed by atoms with Crippen molar-refractivity contribution in [1.82, 2.24) is 0 Å². The predicted octanol–water partition coefficient (Wildman–Crippen LogP) is 7.07. The van der Waals surface area contributed by atoms with E-state index in [0.717, 1.165) is 63.7 Å². The molecule has 0 bridgehead atoms. The van der Waals surface area contributed by atoms with Crippen LogP contribution in [0.3, 0.4) is 0 Å². The van der Waals surface area contributed by atoms with Crippen molar-refractivity contribution in [3.8, 4) is 0 Å². The summed E-state index contributed by atoms with van der Waals surface area (Å²) in [6.45, 7) is 4.32. The van der Waals surface area contributed by atoms with Gasteiger partial charge in [-0.3, -0.25) is 18.6 Å². The summed E-state index contributed by atoms with van der Waals surface area (Å²) < 4.78 is 32.7. The molecule has 6 N–H and O–H groups in total. The standard InChI is InChI=1S/C41H77O13P/c1-4-5-15-21-33(43)25-26-37-36(38(45)27-39(37)46)22-17-13-14-18-23-40(47)51-30-35(31-53-55(49,50)52-29-34(44)28-42)54-41(48)24-19-12-10-8-6-7-9-11-16-20-32(2)3/h25-26,32-39,42-46H,4-24,27-31H2,1-3H3,(H,49,50)/b26-25+/t33-,34-,35+,36+,37+,38-,39+/m0/s1. The Morgan fingerprint density at radius 1 is 0.745 bits per heavy atom. The maximum atomic E-state index is 12.6. The van der Waals surface area contributed by atoms with Gasteiger partial charge in [-0.15, -0.1) is 0 Å². The molecule has 0 spiro atoms. The normalized spacial score (nSPS) is 21.5. The number of unbranched alkanes of at least 4 members (excludes halogenated alkanes) is 13. The van der Waals surface area contributed by atoms with E-state index in [0.29, 0.717) is 32.1 Å². The summed E-state index contributed by atoms with van der Waals surface area (Å²) >= 11 is 0. The van der Waals surface area contributed by atoms with Gasteiger partial charge in [0.2, 0.25) is 0 Å². The van der Waals surface area contributed by atoms with Crippen LogP contribution in [0.5, 0.6) is 0 Å². The average molecular weight is 809 g/mol. The highest BCUT2D eigenvalue weighted by Crippen LogP contribution is 2.43. The molecule has 0 aromatic rings. The third-order valence-corrected chi connectivity index (χ3v) is 11.1. The Hall–Kier alpha value is -1.41. The lowest BCUT2D eigenvalue weighted by molar-refractivity contribution is -0.161. The molecule has 324 valence electrons. The fourth-order valence-corrected chi connectivity index (χ4v) is 7.65. The largest absolute Gasteiger partial charge is 0.472 e. The highest BCUT2D eigenvalue weighted by molar-refractivity contribution is 7.47. The molecule has 55 heavy (non-hydrogen) atoms. The van der Waals surface area contributed by atoms with E-state index in [1.807, 2.05) is 6.08 Å². The van der Waals surface area contributed by atoms with E-state index in [4.69, 9.17) is 19.1 Å². The summed E-state index contributed by atoms with van der Waals surface area (Å²) in [7, 11) is -4.66. The summed E-state index contributed by atoms with van der Waals surface area (Å²) in [6.07, 6.45) is 18.3. The number of hydrogen-bond donors (Lipinski definition) is 6. The molecule has 0 aromatic heterocycles. The first-order valence-electron chi connectivity index (χ1n) is 21.3. The van der Waals surface area contributed by atoms with Gasteiger partial charge in [-0.2, -0.15) is 0 Å². The zero-order valence-corrected chi connectivity index (χ0v) is 35.0. The van der Waals surface area contributed by atoms with E-state index in [2.05, 4.69) is 25.3 Å². The summed E-state index contributed by atoms with van der Waals surface area (Å²) in [5.74, 6) is -0.614. The quantitative estimate of drug-likeness (QED) is 0.0164. The fourth-order valence-electron chi connectivity index (χ4n) is 6.86. The molecule has 0 saturated heterocycles. The third kappa shape index (κ3) is 27.0. The van der Waals surface area contributed by atoms with E-state index in [1.54, 1.807) is 6.08 Å². The molecule has 1 rings (SSSR count). The van der Waals surface area contributed by atoms with Crippen LogP contribution in [0.4, 0.5) is 0 Å². The first-order valence-corrected chi connectivity index (χ1v) is 22.8. The molecule has 13 nitrogen and oxygen atoms in total. The predicted molar refractivity (Wildman–Crippen MR) is 212 cm³/mol. The van der Waals surface area contributed by atoms with Crippen LogP contribution in [-0.4, -0.2) is 99.3 Å². The zero-order chi connectivity index (χ0) is 40.9.